The van der Waals surface area contributed by atoms with Gasteiger partial charge in [-0.3, -0.25) is 0 Å². The molecule has 2 rings (SSSR count). The monoisotopic (exact) mass is 239 g/mol. The third-order valence-electron chi connectivity index (χ3n) is 3.03. The Kier molecular flexibility index (Phi) is 3.19. The number of aryl methyl sites for hydroxylation is 1. The second kappa shape index (κ2) is 4.45. The zero-order valence-electron chi connectivity index (χ0n) is 9.52. The van der Waals surface area contributed by atoms with Gasteiger partial charge in [-0.2, -0.15) is 0 Å². The molecule has 0 spiro atoms. The second-order valence-electron chi connectivity index (χ2n) is 4.16. The highest BCUT2D eigenvalue weighted by molar-refractivity contribution is 7.91. The molecule has 0 radical (unpaired) electrons. The zero-order valence-corrected chi connectivity index (χ0v) is 10.3. The van der Waals surface area contributed by atoms with Gasteiger partial charge in [0.15, 0.2) is 9.84 Å². The van der Waals surface area contributed by atoms with E-state index in [2.05, 4.69) is 30.0 Å². The molecular weight excluding hydrogens is 222 g/mol. The van der Waals surface area contributed by atoms with Crippen molar-refractivity contribution in [2.45, 2.75) is 13.3 Å². The molecular formula is C12H17NO2S. The molecule has 0 atom stereocenters. The van der Waals surface area contributed by atoms with E-state index in [0.717, 1.165) is 12.1 Å². The fraction of sp³-hybridized carbons (Fsp3) is 0.500. The maximum absolute atomic E-state index is 11.3. The topological polar surface area (TPSA) is 37.4 Å². The van der Waals surface area contributed by atoms with Gasteiger partial charge < -0.3 is 4.90 Å². The molecule has 3 nitrogen and oxygen atoms in total. The summed E-state index contributed by atoms with van der Waals surface area (Å²) in [6, 6.07) is 8.34. The number of sulfone groups is 1. The van der Waals surface area contributed by atoms with Crippen LogP contribution in [0, 0.1) is 0 Å². The minimum atomic E-state index is -2.78. The fourth-order valence-corrected chi connectivity index (χ4v) is 3.14. The largest absolute Gasteiger partial charge is 0.369 e. The fourth-order valence-electron chi connectivity index (χ4n) is 1.94. The number of anilines is 1. The first-order chi connectivity index (χ1) is 7.61. The van der Waals surface area contributed by atoms with Crippen LogP contribution >= 0.6 is 0 Å². The Bertz CT molecular complexity index is 454. The number of rotatable bonds is 2. The molecule has 0 unspecified atom stereocenters. The first-order valence-electron chi connectivity index (χ1n) is 5.65. The van der Waals surface area contributed by atoms with Crippen molar-refractivity contribution in [3.8, 4) is 0 Å². The third kappa shape index (κ3) is 2.55. The lowest BCUT2D eigenvalue weighted by atomic mass is 10.1. The highest BCUT2D eigenvalue weighted by Crippen LogP contribution is 2.18. The summed E-state index contributed by atoms with van der Waals surface area (Å²) in [6.45, 7) is 3.37. The van der Waals surface area contributed by atoms with E-state index < -0.39 is 9.84 Å². The molecule has 1 aromatic carbocycles. The van der Waals surface area contributed by atoms with E-state index in [1.807, 2.05) is 6.07 Å². The van der Waals surface area contributed by atoms with Crippen LogP contribution in [0.4, 0.5) is 5.69 Å². The number of benzene rings is 1. The average molecular weight is 239 g/mol. The van der Waals surface area contributed by atoms with Gasteiger partial charge in [0.1, 0.15) is 0 Å². The normalized spacial score (nSPS) is 19.7. The molecule has 0 aromatic heterocycles. The molecule has 88 valence electrons. The standard InChI is InChI=1S/C12H17NO2S/c1-2-11-4-3-5-12(10-11)13-6-8-16(14,15)9-7-13/h3-5,10H,2,6-9H2,1H3. The summed E-state index contributed by atoms with van der Waals surface area (Å²) in [6.07, 6.45) is 1.01. The van der Waals surface area contributed by atoms with Crippen LogP contribution in [0.5, 0.6) is 0 Å². The van der Waals surface area contributed by atoms with Crippen molar-refractivity contribution < 1.29 is 8.42 Å². The first-order valence-corrected chi connectivity index (χ1v) is 7.47. The van der Waals surface area contributed by atoms with Gasteiger partial charge in [-0.1, -0.05) is 19.1 Å². The van der Waals surface area contributed by atoms with Gasteiger partial charge in [0.2, 0.25) is 0 Å². The Morgan fingerprint density at radius 2 is 1.94 bits per heavy atom. The molecule has 16 heavy (non-hydrogen) atoms. The van der Waals surface area contributed by atoms with E-state index >= 15 is 0 Å². The second-order valence-corrected chi connectivity index (χ2v) is 6.47. The van der Waals surface area contributed by atoms with Gasteiger partial charge in [-0.25, -0.2) is 8.42 Å². The summed E-state index contributed by atoms with van der Waals surface area (Å²) in [7, 11) is -2.78. The summed E-state index contributed by atoms with van der Waals surface area (Å²) in [4.78, 5) is 2.15. The van der Waals surface area contributed by atoms with Crippen molar-refractivity contribution in [1.82, 2.24) is 0 Å². The average Bonchev–Trinajstić information content (AvgIpc) is 2.29. The first kappa shape index (κ1) is 11.5. The van der Waals surface area contributed by atoms with E-state index in [4.69, 9.17) is 0 Å². The third-order valence-corrected chi connectivity index (χ3v) is 4.64. The molecule has 0 amide bonds. The van der Waals surface area contributed by atoms with Crippen LogP contribution in [0.3, 0.4) is 0 Å². The van der Waals surface area contributed by atoms with E-state index in [0.29, 0.717) is 13.1 Å². The maximum Gasteiger partial charge on any atom is 0.153 e. The van der Waals surface area contributed by atoms with Crippen LogP contribution < -0.4 is 4.90 Å². The van der Waals surface area contributed by atoms with Crippen molar-refractivity contribution in [2.24, 2.45) is 0 Å². The Labute approximate surface area is 97.0 Å². The molecule has 4 heteroatoms. The maximum atomic E-state index is 11.3. The van der Waals surface area contributed by atoms with Crippen molar-refractivity contribution in [3.05, 3.63) is 29.8 Å². The lowest BCUT2D eigenvalue weighted by molar-refractivity contribution is 0.587. The molecule has 1 heterocycles. The molecule has 1 aliphatic rings. The van der Waals surface area contributed by atoms with Crippen LogP contribution in [0.25, 0.3) is 0 Å². The van der Waals surface area contributed by atoms with Crippen LogP contribution in [0.1, 0.15) is 12.5 Å². The molecule has 0 aliphatic carbocycles. The summed E-state index contributed by atoms with van der Waals surface area (Å²) < 4.78 is 22.6. The SMILES string of the molecule is CCc1cccc(N2CCS(=O)(=O)CC2)c1. The van der Waals surface area contributed by atoms with E-state index in [-0.39, 0.29) is 11.5 Å². The van der Waals surface area contributed by atoms with Crippen LogP contribution in [0.2, 0.25) is 0 Å². The van der Waals surface area contributed by atoms with Crippen molar-refractivity contribution in [1.29, 1.82) is 0 Å². The predicted molar refractivity (Wildman–Crippen MR) is 66.7 cm³/mol. The lowest BCUT2D eigenvalue weighted by Gasteiger charge is -2.29. The summed E-state index contributed by atoms with van der Waals surface area (Å²) >= 11 is 0. The van der Waals surface area contributed by atoms with Crippen LogP contribution in [-0.2, 0) is 16.3 Å². The Balaban J connectivity index is 2.13. The van der Waals surface area contributed by atoms with E-state index in [1.54, 1.807) is 0 Å². The van der Waals surface area contributed by atoms with Crippen molar-refractivity contribution >= 4 is 15.5 Å². The minimum absolute atomic E-state index is 0.281. The van der Waals surface area contributed by atoms with Gasteiger partial charge in [0, 0.05) is 18.8 Å². The summed E-state index contributed by atoms with van der Waals surface area (Å²) in [5.74, 6) is 0.562. The van der Waals surface area contributed by atoms with Gasteiger partial charge in [0.25, 0.3) is 0 Å². The van der Waals surface area contributed by atoms with Crippen molar-refractivity contribution in [3.63, 3.8) is 0 Å². The Morgan fingerprint density at radius 3 is 2.56 bits per heavy atom. The Morgan fingerprint density at radius 1 is 1.25 bits per heavy atom. The number of nitrogens with zero attached hydrogens (tertiary/aromatic N) is 1. The molecule has 1 saturated heterocycles. The van der Waals surface area contributed by atoms with Crippen LogP contribution in [0.15, 0.2) is 24.3 Å². The number of hydrogen-bond acceptors (Lipinski definition) is 3. The van der Waals surface area contributed by atoms with E-state index in [9.17, 15) is 8.42 Å². The smallest absolute Gasteiger partial charge is 0.153 e. The highest BCUT2D eigenvalue weighted by atomic mass is 32.2. The minimum Gasteiger partial charge on any atom is -0.369 e. The van der Waals surface area contributed by atoms with Gasteiger partial charge in [0.05, 0.1) is 11.5 Å². The van der Waals surface area contributed by atoms with Crippen LogP contribution in [-0.4, -0.2) is 33.0 Å². The molecule has 1 fully saturated rings. The zero-order chi connectivity index (χ0) is 11.6. The predicted octanol–water partition coefficient (Wildman–Crippen LogP) is 1.48. The van der Waals surface area contributed by atoms with Gasteiger partial charge in [-0.05, 0) is 24.1 Å². The highest BCUT2D eigenvalue weighted by Gasteiger charge is 2.21. The van der Waals surface area contributed by atoms with E-state index in [1.165, 1.54) is 5.56 Å². The van der Waals surface area contributed by atoms with Gasteiger partial charge >= 0.3 is 0 Å². The van der Waals surface area contributed by atoms with Gasteiger partial charge in [-0.15, -0.1) is 0 Å². The molecule has 1 aromatic rings. The van der Waals surface area contributed by atoms with Crippen molar-refractivity contribution in [2.75, 3.05) is 29.5 Å². The molecule has 0 N–H and O–H groups in total. The molecule has 1 aliphatic heterocycles. The molecule has 0 bridgehead atoms. The lowest BCUT2D eigenvalue weighted by Crippen LogP contribution is -2.40. The number of hydrogen-bond donors (Lipinski definition) is 0. The quantitative estimate of drug-likeness (QED) is 0.784. The summed E-state index contributed by atoms with van der Waals surface area (Å²) in [5, 5.41) is 0. The summed E-state index contributed by atoms with van der Waals surface area (Å²) in [5.41, 5.74) is 2.44. The Hall–Kier alpha value is -1.03. The molecule has 0 saturated carbocycles.